The monoisotopic (exact) mass is 304 g/mol. The molecule has 0 bridgehead atoms. The average Bonchev–Trinajstić information content (AvgIpc) is 2.45. The van der Waals surface area contributed by atoms with Gasteiger partial charge in [0.25, 0.3) is 0 Å². The molecule has 0 aliphatic rings. The fourth-order valence-electron chi connectivity index (χ4n) is 2.48. The summed E-state index contributed by atoms with van der Waals surface area (Å²) >= 11 is 6.06. The molecule has 0 aromatic heterocycles. The van der Waals surface area contributed by atoms with Crippen LogP contribution in [0.3, 0.4) is 0 Å². The van der Waals surface area contributed by atoms with E-state index in [9.17, 15) is 4.39 Å². The van der Waals surface area contributed by atoms with Crippen LogP contribution in [0.5, 0.6) is 0 Å². The number of benzene rings is 2. The average molecular weight is 305 g/mol. The Morgan fingerprint density at radius 3 is 2.14 bits per heavy atom. The van der Waals surface area contributed by atoms with E-state index >= 15 is 0 Å². The van der Waals surface area contributed by atoms with Crippen molar-refractivity contribution >= 4 is 11.6 Å². The van der Waals surface area contributed by atoms with Gasteiger partial charge in [0, 0.05) is 11.8 Å². The van der Waals surface area contributed by atoms with E-state index in [2.05, 4.69) is 45.0 Å². The maximum atomic E-state index is 13.9. The van der Waals surface area contributed by atoms with Gasteiger partial charge in [-0.2, -0.15) is 0 Å². The molecule has 0 spiro atoms. The molecular formula is C19H22ClF. The molecule has 0 saturated carbocycles. The van der Waals surface area contributed by atoms with E-state index in [0.29, 0.717) is 11.4 Å². The molecule has 2 aromatic rings. The van der Waals surface area contributed by atoms with Gasteiger partial charge in [0.05, 0.1) is 0 Å². The number of rotatable bonds is 4. The minimum atomic E-state index is -0.172. The first-order valence-corrected chi connectivity index (χ1v) is 7.85. The van der Waals surface area contributed by atoms with Crippen molar-refractivity contribution in [1.29, 1.82) is 0 Å². The van der Waals surface area contributed by atoms with Gasteiger partial charge in [-0.25, -0.2) is 4.39 Å². The van der Waals surface area contributed by atoms with Crippen LogP contribution in [-0.4, -0.2) is 5.88 Å². The molecule has 0 fully saturated rings. The molecule has 112 valence electrons. The van der Waals surface area contributed by atoms with Gasteiger partial charge in [-0.1, -0.05) is 63.2 Å². The van der Waals surface area contributed by atoms with E-state index in [0.717, 1.165) is 6.42 Å². The zero-order valence-corrected chi connectivity index (χ0v) is 13.6. The van der Waals surface area contributed by atoms with Crippen LogP contribution in [0.1, 0.15) is 43.4 Å². The molecule has 21 heavy (non-hydrogen) atoms. The van der Waals surface area contributed by atoms with Crippen molar-refractivity contribution in [2.24, 2.45) is 0 Å². The first-order chi connectivity index (χ1) is 9.91. The lowest BCUT2D eigenvalue weighted by Crippen LogP contribution is -2.11. The normalized spacial score (nSPS) is 13.2. The highest BCUT2D eigenvalue weighted by atomic mass is 35.5. The molecule has 2 aromatic carbocycles. The first kappa shape index (κ1) is 16.0. The Morgan fingerprint density at radius 1 is 1.00 bits per heavy atom. The minimum absolute atomic E-state index is 0.00773. The zero-order valence-electron chi connectivity index (χ0n) is 12.9. The maximum Gasteiger partial charge on any atom is 0.126 e. The van der Waals surface area contributed by atoms with Crippen LogP contribution in [0.25, 0.3) is 0 Å². The zero-order chi connectivity index (χ0) is 15.5. The lowest BCUT2D eigenvalue weighted by atomic mass is 9.85. The molecule has 1 unspecified atom stereocenters. The topological polar surface area (TPSA) is 0 Å². The molecule has 0 aliphatic carbocycles. The van der Waals surface area contributed by atoms with Crippen LogP contribution in [0.4, 0.5) is 4.39 Å². The third-order valence-electron chi connectivity index (χ3n) is 3.83. The van der Waals surface area contributed by atoms with Crippen LogP contribution >= 0.6 is 11.6 Å². The highest BCUT2D eigenvalue weighted by Crippen LogP contribution is 2.27. The van der Waals surface area contributed by atoms with Crippen LogP contribution < -0.4 is 0 Å². The fourth-order valence-corrected chi connectivity index (χ4v) is 2.75. The molecular weight excluding hydrogens is 283 g/mol. The summed E-state index contributed by atoms with van der Waals surface area (Å²) in [5, 5.41) is 0. The van der Waals surface area contributed by atoms with Crippen molar-refractivity contribution in [2.75, 3.05) is 5.88 Å². The third kappa shape index (κ3) is 4.07. The Bertz CT molecular complexity index is 581. The standard InChI is InChI=1S/C19H22ClF/c1-19(2,3)16-10-8-14(9-11-16)12-15(13-20)17-6-4-5-7-18(17)21/h4-11,15H,12-13H2,1-3H3. The summed E-state index contributed by atoms with van der Waals surface area (Å²) in [5.74, 6) is 0.255. The lowest BCUT2D eigenvalue weighted by Gasteiger charge is -2.20. The second kappa shape index (κ2) is 6.62. The molecule has 0 aliphatic heterocycles. The summed E-state index contributed by atoms with van der Waals surface area (Å²) in [7, 11) is 0. The SMILES string of the molecule is CC(C)(C)c1ccc(CC(CCl)c2ccccc2F)cc1. The second-order valence-corrected chi connectivity index (χ2v) is 6.83. The van der Waals surface area contributed by atoms with E-state index in [1.54, 1.807) is 6.07 Å². The highest BCUT2D eigenvalue weighted by Gasteiger charge is 2.16. The van der Waals surface area contributed by atoms with Gasteiger partial charge in [0.15, 0.2) is 0 Å². The second-order valence-electron chi connectivity index (χ2n) is 6.52. The Kier molecular flexibility index (Phi) is 5.05. The first-order valence-electron chi connectivity index (χ1n) is 7.31. The predicted molar refractivity (Wildman–Crippen MR) is 88.7 cm³/mol. The minimum Gasteiger partial charge on any atom is -0.207 e. The third-order valence-corrected chi connectivity index (χ3v) is 4.21. The Balaban J connectivity index is 2.18. The van der Waals surface area contributed by atoms with Crippen LogP contribution in [0.2, 0.25) is 0 Å². The van der Waals surface area contributed by atoms with Gasteiger partial charge >= 0.3 is 0 Å². The van der Waals surface area contributed by atoms with E-state index in [4.69, 9.17) is 11.6 Å². The van der Waals surface area contributed by atoms with Crippen LogP contribution in [-0.2, 0) is 11.8 Å². The van der Waals surface area contributed by atoms with Gasteiger partial charge < -0.3 is 0 Å². The van der Waals surface area contributed by atoms with E-state index in [1.807, 2.05) is 12.1 Å². The summed E-state index contributed by atoms with van der Waals surface area (Å²) in [6.07, 6.45) is 0.759. The smallest absolute Gasteiger partial charge is 0.126 e. The van der Waals surface area contributed by atoms with Crippen molar-refractivity contribution in [3.05, 3.63) is 71.0 Å². The Morgan fingerprint density at radius 2 is 1.62 bits per heavy atom. The van der Waals surface area contributed by atoms with Crippen molar-refractivity contribution in [3.8, 4) is 0 Å². The van der Waals surface area contributed by atoms with Crippen molar-refractivity contribution in [2.45, 2.75) is 38.5 Å². The van der Waals surface area contributed by atoms with Crippen LogP contribution in [0, 0.1) is 5.82 Å². The molecule has 0 radical (unpaired) electrons. The van der Waals surface area contributed by atoms with Crippen LogP contribution in [0.15, 0.2) is 48.5 Å². The summed E-state index contributed by atoms with van der Waals surface area (Å²) in [5.41, 5.74) is 3.35. The van der Waals surface area contributed by atoms with Crippen molar-refractivity contribution < 1.29 is 4.39 Å². The molecule has 0 amide bonds. The Hall–Kier alpha value is -1.34. The molecule has 2 heteroatoms. The molecule has 0 nitrogen and oxygen atoms in total. The maximum absolute atomic E-state index is 13.9. The quantitative estimate of drug-likeness (QED) is 0.637. The number of hydrogen-bond donors (Lipinski definition) is 0. The van der Waals surface area contributed by atoms with Gasteiger partial charge in [-0.15, -0.1) is 11.6 Å². The Labute approximate surface area is 132 Å². The van der Waals surface area contributed by atoms with Gasteiger partial charge in [-0.3, -0.25) is 0 Å². The molecule has 0 saturated heterocycles. The molecule has 1 atom stereocenters. The highest BCUT2D eigenvalue weighted by molar-refractivity contribution is 6.18. The number of hydrogen-bond acceptors (Lipinski definition) is 0. The number of alkyl halides is 1. The van der Waals surface area contributed by atoms with E-state index in [-0.39, 0.29) is 17.2 Å². The summed E-state index contributed by atoms with van der Waals surface area (Å²) in [4.78, 5) is 0. The van der Waals surface area contributed by atoms with E-state index in [1.165, 1.54) is 17.2 Å². The summed E-state index contributed by atoms with van der Waals surface area (Å²) < 4.78 is 13.9. The molecule has 2 rings (SSSR count). The van der Waals surface area contributed by atoms with Gasteiger partial charge in [0.1, 0.15) is 5.82 Å². The fraction of sp³-hybridized carbons (Fsp3) is 0.368. The van der Waals surface area contributed by atoms with Gasteiger partial charge in [0.2, 0.25) is 0 Å². The van der Waals surface area contributed by atoms with E-state index < -0.39 is 0 Å². The lowest BCUT2D eigenvalue weighted by molar-refractivity contribution is 0.586. The van der Waals surface area contributed by atoms with Gasteiger partial charge in [-0.05, 0) is 34.6 Å². The summed E-state index contributed by atoms with van der Waals surface area (Å²) in [6.45, 7) is 6.59. The molecule has 0 heterocycles. The van der Waals surface area contributed by atoms with Crippen molar-refractivity contribution in [3.63, 3.8) is 0 Å². The molecule has 0 N–H and O–H groups in total. The predicted octanol–water partition coefficient (Wildman–Crippen LogP) is 5.69. The largest absolute Gasteiger partial charge is 0.207 e. The number of halogens is 2. The summed E-state index contributed by atoms with van der Waals surface area (Å²) in [6, 6.07) is 15.5. The van der Waals surface area contributed by atoms with Crippen molar-refractivity contribution in [1.82, 2.24) is 0 Å².